The zero-order chi connectivity index (χ0) is 19.4. The second-order valence-electron chi connectivity index (χ2n) is 6.67. The number of rotatable bonds is 2. The van der Waals surface area contributed by atoms with Gasteiger partial charge in [-0.25, -0.2) is 9.59 Å². The van der Waals surface area contributed by atoms with Gasteiger partial charge in [-0.05, 0) is 74.8 Å². The first-order valence-electron chi connectivity index (χ1n) is 8.54. The van der Waals surface area contributed by atoms with Crippen LogP contribution in [0.4, 0.5) is 0 Å². The Kier molecular flexibility index (Phi) is 3.30. The summed E-state index contributed by atoms with van der Waals surface area (Å²) in [6.45, 7) is 0. The van der Waals surface area contributed by atoms with Gasteiger partial charge >= 0.3 is 11.9 Å². The van der Waals surface area contributed by atoms with Crippen LogP contribution in [-0.2, 0) is 0 Å². The molecule has 0 aliphatic rings. The minimum absolute atomic E-state index is 0.0899. The molecule has 0 bridgehead atoms. The van der Waals surface area contributed by atoms with E-state index in [0.717, 1.165) is 32.3 Å². The van der Waals surface area contributed by atoms with E-state index in [0.29, 0.717) is 10.9 Å². The molecule has 0 fully saturated rings. The first kappa shape index (κ1) is 16.1. The molecule has 6 heteroatoms. The molecule has 28 heavy (non-hydrogen) atoms. The summed E-state index contributed by atoms with van der Waals surface area (Å²) in [5, 5.41) is 32.6. The van der Waals surface area contributed by atoms with Crippen LogP contribution in [0.1, 0.15) is 20.8 Å². The monoisotopic (exact) mass is 368 g/mol. The molecule has 5 rings (SSSR count). The van der Waals surface area contributed by atoms with Crippen molar-refractivity contribution in [1.82, 2.24) is 10.2 Å². The van der Waals surface area contributed by atoms with E-state index in [-0.39, 0.29) is 11.3 Å². The van der Waals surface area contributed by atoms with Crippen molar-refractivity contribution in [1.29, 1.82) is 0 Å². The Morgan fingerprint density at radius 3 is 2.00 bits per heavy atom. The molecule has 0 amide bonds. The van der Waals surface area contributed by atoms with Crippen molar-refractivity contribution >= 4 is 55.2 Å². The van der Waals surface area contributed by atoms with Gasteiger partial charge in [0.2, 0.25) is 0 Å². The summed E-state index contributed by atoms with van der Waals surface area (Å²) in [5.74, 6) is -2.06. The zero-order valence-corrected chi connectivity index (χ0v) is 14.4. The lowest BCUT2D eigenvalue weighted by atomic mass is 9.96. The van der Waals surface area contributed by atoms with Crippen molar-refractivity contribution in [2.24, 2.45) is 0 Å². The van der Waals surface area contributed by atoms with E-state index < -0.39 is 11.9 Å². The van der Waals surface area contributed by atoms with Crippen molar-refractivity contribution in [2.45, 2.75) is 0 Å². The van der Waals surface area contributed by atoms with Gasteiger partial charge in [0.05, 0.1) is 11.1 Å². The molecule has 0 unspecified atom stereocenters. The summed E-state index contributed by atoms with van der Waals surface area (Å²) in [4.78, 5) is 22.4. The predicted molar refractivity (Wildman–Crippen MR) is 106 cm³/mol. The first-order chi connectivity index (χ1) is 13.5. The molecule has 5 aromatic rings. The van der Waals surface area contributed by atoms with Crippen LogP contribution in [0, 0.1) is 0 Å². The molecule has 2 N–H and O–H groups in total. The Balaban J connectivity index is 1.81. The quantitative estimate of drug-likeness (QED) is 0.352. The number of fused-ring (bicyclic) bond motifs is 5. The molecule has 6 nitrogen and oxygen atoms in total. The topological polar surface area (TPSA) is 100 Å². The van der Waals surface area contributed by atoms with Gasteiger partial charge < -0.3 is 10.2 Å². The van der Waals surface area contributed by atoms with Gasteiger partial charge in [-0.15, -0.1) is 10.2 Å². The van der Waals surface area contributed by atoms with Crippen LogP contribution < -0.4 is 0 Å². The smallest absolute Gasteiger partial charge is 0.356 e. The highest BCUT2D eigenvalue weighted by Gasteiger charge is 2.10. The van der Waals surface area contributed by atoms with E-state index >= 15 is 0 Å². The van der Waals surface area contributed by atoms with Crippen LogP contribution in [0.3, 0.4) is 0 Å². The zero-order valence-electron chi connectivity index (χ0n) is 14.4. The van der Waals surface area contributed by atoms with Crippen molar-refractivity contribution in [3.63, 3.8) is 0 Å². The highest BCUT2D eigenvalue weighted by Crippen LogP contribution is 2.32. The van der Waals surface area contributed by atoms with Crippen LogP contribution in [-0.4, -0.2) is 32.3 Å². The third-order valence-electron chi connectivity index (χ3n) is 4.96. The maximum atomic E-state index is 11.2. The standard InChI is InChI=1S/C22H12N2O4/c25-21(26)14-4-1-11-8-17-12(5-15(11)7-14)2-3-13-6-16-9-20(22(27)28)24-23-19(16)10-18(13)17/h1-10H,(H,25,26)(H,27,28). The molecular weight excluding hydrogens is 356 g/mol. The van der Waals surface area contributed by atoms with Crippen LogP contribution in [0.25, 0.3) is 43.2 Å². The number of hydrogen-bond acceptors (Lipinski definition) is 4. The third kappa shape index (κ3) is 2.43. The summed E-state index contributed by atoms with van der Waals surface area (Å²) >= 11 is 0. The fourth-order valence-corrected chi connectivity index (χ4v) is 3.58. The molecular formula is C22H12N2O4. The lowest BCUT2D eigenvalue weighted by Crippen LogP contribution is -2.01. The molecule has 4 aromatic carbocycles. The SMILES string of the molecule is O=C(O)c1ccc2cc3c(ccc4cc5cc(C(=O)O)nnc5cc43)cc2c1. The van der Waals surface area contributed by atoms with E-state index in [1.165, 1.54) is 6.07 Å². The Hall–Kier alpha value is -4.06. The molecule has 0 aliphatic carbocycles. The minimum atomic E-state index is -1.11. The molecule has 1 heterocycles. The highest BCUT2D eigenvalue weighted by atomic mass is 16.4. The van der Waals surface area contributed by atoms with Gasteiger partial charge in [-0.2, -0.15) is 0 Å². The van der Waals surface area contributed by atoms with Crippen LogP contribution in [0.2, 0.25) is 0 Å². The van der Waals surface area contributed by atoms with Crippen molar-refractivity contribution in [2.75, 3.05) is 0 Å². The predicted octanol–water partition coefficient (Wildman–Crippen LogP) is 4.49. The number of carboxylic acids is 2. The number of aromatic nitrogens is 2. The van der Waals surface area contributed by atoms with Crippen LogP contribution >= 0.6 is 0 Å². The summed E-state index contributed by atoms with van der Waals surface area (Å²) in [7, 11) is 0. The maximum absolute atomic E-state index is 11.2. The minimum Gasteiger partial charge on any atom is -0.478 e. The molecule has 0 saturated carbocycles. The molecule has 0 spiro atoms. The fraction of sp³-hybridized carbons (Fsp3) is 0. The lowest BCUT2D eigenvalue weighted by Gasteiger charge is -2.08. The van der Waals surface area contributed by atoms with Gasteiger partial charge in [0.1, 0.15) is 0 Å². The normalized spacial score (nSPS) is 11.4. The van der Waals surface area contributed by atoms with E-state index in [2.05, 4.69) is 10.2 Å². The highest BCUT2D eigenvalue weighted by molar-refractivity contribution is 6.15. The largest absolute Gasteiger partial charge is 0.478 e. The molecule has 0 atom stereocenters. The van der Waals surface area contributed by atoms with Crippen LogP contribution in [0.15, 0.2) is 60.7 Å². The average molecular weight is 368 g/mol. The number of carbonyl (C=O) groups is 2. The Bertz CT molecular complexity index is 1360. The van der Waals surface area contributed by atoms with Gasteiger partial charge in [0.15, 0.2) is 5.69 Å². The summed E-state index contributed by atoms with van der Waals surface area (Å²) in [6, 6.07) is 18.3. The fourth-order valence-electron chi connectivity index (χ4n) is 3.58. The summed E-state index contributed by atoms with van der Waals surface area (Å²) in [6.07, 6.45) is 0. The third-order valence-corrected chi connectivity index (χ3v) is 4.96. The van der Waals surface area contributed by atoms with Crippen molar-refractivity contribution < 1.29 is 19.8 Å². The van der Waals surface area contributed by atoms with Crippen molar-refractivity contribution in [3.05, 3.63) is 71.9 Å². The van der Waals surface area contributed by atoms with Gasteiger partial charge in [0, 0.05) is 5.39 Å². The number of hydrogen-bond donors (Lipinski definition) is 2. The molecule has 0 saturated heterocycles. The maximum Gasteiger partial charge on any atom is 0.356 e. The molecule has 134 valence electrons. The lowest BCUT2D eigenvalue weighted by molar-refractivity contribution is 0.0682. The second-order valence-corrected chi connectivity index (χ2v) is 6.67. The van der Waals surface area contributed by atoms with Gasteiger partial charge in [-0.1, -0.05) is 18.2 Å². The van der Waals surface area contributed by atoms with Crippen LogP contribution in [0.5, 0.6) is 0 Å². The van der Waals surface area contributed by atoms with E-state index in [1.54, 1.807) is 18.2 Å². The Morgan fingerprint density at radius 2 is 1.29 bits per heavy atom. The first-order valence-corrected chi connectivity index (χ1v) is 8.54. The van der Waals surface area contributed by atoms with Crippen molar-refractivity contribution in [3.8, 4) is 0 Å². The second kappa shape index (κ2) is 5.72. The average Bonchev–Trinajstić information content (AvgIpc) is 2.69. The van der Waals surface area contributed by atoms with E-state index in [9.17, 15) is 14.7 Å². The van der Waals surface area contributed by atoms with Gasteiger partial charge in [0.25, 0.3) is 0 Å². The van der Waals surface area contributed by atoms with Gasteiger partial charge in [-0.3, -0.25) is 0 Å². The molecule has 1 aromatic heterocycles. The van der Waals surface area contributed by atoms with E-state index in [4.69, 9.17) is 5.11 Å². The van der Waals surface area contributed by atoms with E-state index in [1.807, 2.05) is 36.4 Å². The summed E-state index contributed by atoms with van der Waals surface area (Å²) < 4.78 is 0. The number of aromatic carboxylic acids is 2. The number of nitrogens with zero attached hydrogens (tertiary/aromatic N) is 2. The molecule has 0 radical (unpaired) electrons. The Morgan fingerprint density at radius 1 is 0.607 bits per heavy atom. The summed E-state index contributed by atoms with van der Waals surface area (Å²) in [5.41, 5.74) is 0.780. The Labute approximate surface area is 157 Å². The number of carboxylic acid groups (broad SMARTS) is 2. The number of benzene rings is 4. The molecule has 0 aliphatic heterocycles.